The molecule has 0 spiro atoms. The number of aromatic nitrogens is 3. The minimum Gasteiger partial charge on any atom is -0.394 e. The largest absolute Gasteiger partial charge is 0.394 e. The minimum absolute atomic E-state index is 0.354. The monoisotopic (exact) mass is 366 g/mol. The molecule has 3 heterocycles. The fourth-order valence-corrected chi connectivity index (χ4v) is 3.25. The van der Waals surface area contributed by atoms with Crippen molar-refractivity contribution < 1.29 is 19.8 Å². The van der Waals surface area contributed by atoms with Crippen LogP contribution >= 0.6 is 11.6 Å². The number of nitrogens with one attached hydrogen (secondary N) is 1. The van der Waals surface area contributed by atoms with Gasteiger partial charge in [-0.05, 0) is 13.8 Å². The van der Waals surface area contributed by atoms with Gasteiger partial charge in [0.15, 0.2) is 12.0 Å². The number of anilines is 1. The third kappa shape index (κ3) is 2.84. The molecule has 0 amide bonds. The van der Waals surface area contributed by atoms with Gasteiger partial charge in [0.1, 0.15) is 29.1 Å². The molecule has 3 N–H and O–H groups in total. The van der Waals surface area contributed by atoms with Crippen LogP contribution in [0, 0.1) is 12.3 Å². The average molecular weight is 367 g/mol. The lowest BCUT2D eigenvalue weighted by Crippen LogP contribution is -2.39. The summed E-state index contributed by atoms with van der Waals surface area (Å²) in [4.78, 5) is 12.5. The second-order valence-electron chi connectivity index (χ2n) is 5.86. The Morgan fingerprint density at radius 1 is 1.56 bits per heavy atom. The normalized spacial score (nSPS) is 29.0. The van der Waals surface area contributed by atoms with Gasteiger partial charge in [-0.25, -0.2) is 15.4 Å². The van der Waals surface area contributed by atoms with Crippen molar-refractivity contribution in [1.82, 2.24) is 14.5 Å². The number of halogens is 1. The molecule has 0 aliphatic carbocycles. The van der Waals surface area contributed by atoms with Crippen LogP contribution in [0.5, 0.6) is 0 Å². The zero-order valence-electron chi connectivity index (χ0n) is 13.8. The molecular weight excluding hydrogens is 348 g/mol. The number of alkyl halides is 1. The van der Waals surface area contributed by atoms with E-state index in [0.29, 0.717) is 29.0 Å². The Morgan fingerprint density at radius 3 is 2.92 bits per heavy atom. The maximum absolute atomic E-state index is 10.3. The van der Waals surface area contributed by atoms with Gasteiger partial charge in [0.25, 0.3) is 0 Å². The van der Waals surface area contributed by atoms with Crippen molar-refractivity contribution in [3.05, 3.63) is 18.1 Å². The third-order valence-electron chi connectivity index (χ3n) is 4.23. The Labute approximate surface area is 149 Å². The summed E-state index contributed by atoms with van der Waals surface area (Å²) in [6.07, 6.45) is 6.01. The summed E-state index contributed by atoms with van der Waals surface area (Å²) in [5, 5.41) is 20.3. The summed E-state index contributed by atoms with van der Waals surface area (Å²) >= 11 is 6.53. The molecular formula is C16H19ClN4O4. The number of ether oxygens (including phenoxy) is 1. The zero-order valence-corrected chi connectivity index (χ0v) is 14.6. The van der Waals surface area contributed by atoms with E-state index in [1.54, 1.807) is 17.7 Å². The zero-order chi connectivity index (χ0) is 18.2. The van der Waals surface area contributed by atoms with Crippen molar-refractivity contribution in [2.24, 2.45) is 0 Å². The summed E-state index contributed by atoms with van der Waals surface area (Å²) in [7, 11) is 0. The molecule has 1 aliphatic rings. The van der Waals surface area contributed by atoms with E-state index in [4.69, 9.17) is 27.6 Å². The summed E-state index contributed by atoms with van der Waals surface area (Å²) in [5.74, 6) is 3.01. The van der Waals surface area contributed by atoms with Crippen molar-refractivity contribution in [3.8, 4) is 12.3 Å². The Kier molecular flexibility index (Phi) is 4.86. The second kappa shape index (κ2) is 6.78. The van der Waals surface area contributed by atoms with Gasteiger partial charge in [0.2, 0.25) is 0 Å². The predicted octanol–water partition coefficient (Wildman–Crippen LogP) is 1.02. The maximum Gasteiger partial charge on any atom is 0.163 e. The summed E-state index contributed by atoms with van der Waals surface area (Å²) in [5.41, 5.74) is 3.75. The van der Waals surface area contributed by atoms with Crippen LogP contribution in [-0.4, -0.2) is 55.0 Å². The highest BCUT2D eigenvalue weighted by atomic mass is 35.5. The van der Waals surface area contributed by atoms with Crippen LogP contribution < -0.4 is 5.48 Å². The van der Waals surface area contributed by atoms with E-state index in [-0.39, 0.29) is 6.61 Å². The lowest BCUT2D eigenvalue weighted by atomic mass is 10.0. The van der Waals surface area contributed by atoms with Crippen LogP contribution in [0.2, 0.25) is 0 Å². The molecule has 8 nitrogen and oxygen atoms in total. The number of terminal acetylenes is 1. The molecule has 1 aliphatic heterocycles. The van der Waals surface area contributed by atoms with E-state index in [1.165, 1.54) is 6.33 Å². The number of hydrogen-bond donors (Lipinski definition) is 3. The molecule has 3 rings (SSSR count). The lowest BCUT2D eigenvalue weighted by molar-refractivity contribution is -0.0439. The first-order chi connectivity index (χ1) is 12.0. The van der Waals surface area contributed by atoms with Gasteiger partial charge in [-0.3, -0.25) is 4.84 Å². The highest BCUT2D eigenvalue weighted by Crippen LogP contribution is 2.45. The number of fused-ring (bicyclic) bond motifs is 1. The number of hydrogen-bond acceptors (Lipinski definition) is 7. The number of aliphatic hydroxyl groups excluding tert-OH is 2. The smallest absolute Gasteiger partial charge is 0.163 e. The highest BCUT2D eigenvalue weighted by molar-refractivity contribution is 6.24. The Hall–Kier alpha value is -1.89. The molecule has 2 aromatic heterocycles. The van der Waals surface area contributed by atoms with E-state index >= 15 is 0 Å². The Balaban J connectivity index is 2.14. The molecule has 25 heavy (non-hydrogen) atoms. The number of rotatable bonds is 5. The molecule has 1 saturated heterocycles. The quantitative estimate of drug-likeness (QED) is 0.412. The van der Waals surface area contributed by atoms with Crippen LogP contribution in [0.1, 0.15) is 25.6 Å². The number of aliphatic hydroxyl groups is 2. The first-order valence-corrected chi connectivity index (χ1v) is 8.16. The lowest BCUT2D eigenvalue weighted by Gasteiger charge is -2.26. The van der Waals surface area contributed by atoms with Crippen LogP contribution in [0.3, 0.4) is 0 Å². The molecule has 2 unspecified atom stereocenters. The molecule has 9 heteroatoms. The average Bonchev–Trinajstić information content (AvgIpc) is 3.09. The standard InChI is InChI=1S/C16H19ClN4O4/c1-4-9-6-21(15-16(3,17)12(23)10(7-22)25-15)14-11(9)13(18-8-19-14)20-24-5-2/h1,6,8,10,12,15,22-23H,5,7H2,2-3H3,(H,18,19,20)/t10?,12?,15-,16-/m1/s1. The van der Waals surface area contributed by atoms with Crippen LogP contribution in [-0.2, 0) is 9.57 Å². The highest BCUT2D eigenvalue weighted by Gasteiger charge is 2.53. The molecule has 0 radical (unpaired) electrons. The van der Waals surface area contributed by atoms with E-state index in [0.717, 1.165) is 0 Å². The Bertz CT molecular complexity index is 816. The van der Waals surface area contributed by atoms with Crippen molar-refractivity contribution in [2.75, 3.05) is 18.7 Å². The first-order valence-electron chi connectivity index (χ1n) is 7.78. The minimum atomic E-state index is -1.18. The fraction of sp³-hybridized carbons (Fsp3) is 0.500. The molecule has 2 aromatic rings. The van der Waals surface area contributed by atoms with Gasteiger partial charge in [-0.1, -0.05) is 5.92 Å². The van der Waals surface area contributed by atoms with Gasteiger partial charge in [0, 0.05) is 6.20 Å². The second-order valence-corrected chi connectivity index (χ2v) is 6.67. The topological polar surface area (TPSA) is 102 Å². The van der Waals surface area contributed by atoms with Crippen molar-refractivity contribution >= 4 is 28.5 Å². The first kappa shape index (κ1) is 17.9. The Morgan fingerprint density at radius 2 is 2.32 bits per heavy atom. The predicted molar refractivity (Wildman–Crippen MR) is 92.0 cm³/mol. The van der Waals surface area contributed by atoms with Gasteiger partial charge < -0.3 is 19.5 Å². The van der Waals surface area contributed by atoms with Crippen molar-refractivity contribution in [1.29, 1.82) is 0 Å². The van der Waals surface area contributed by atoms with E-state index in [1.807, 2.05) is 6.92 Å². The molecule has 1 fully saturated rings. The van der Waals surface area contributed by atoms with Crippen LogP contribution in [0.25, 0.3) is 11.0 Å². The van der Waals surface area contributed by atoms with Gasteiger partial charge in [0.05, 0.1) is 24.2 Å². The van der Waals surface area contributed by atoms with E-state index in [2.05, 4.69) is 21.4 Å². The third-order valence-corrected chi connectivity index (χ3v) is 4.64. The van der Waals surface area contributed by atoms with E-state index < -0.39 is 23.3 Å². The molecule has 4 atom stereocenters. The van der Waals surface area contributed by atoms with Gasteiger partial charge in [-0.2, -0.15) is 0 Å². The SMILES string of the molecule is C#Cc1cn([C@@H]2OC(CO)C(O)[C@@]2(C)Cl)c2ncnc(NOCC)c12. The van der Waals surface area contributed by atoms with E-state index in [9.17, 15) is 10.2 Å². The van der Waals surface area contributed by atoms with Crippen molar-refractivity contribution in [3.63, 3.8) is 0 Å². The summed E-state index contributed by atoms with van der Waals surface area (Å²) in [6.45, 7) is 3.56. The maximum atomic E-state index is 10.3. The molecule has 0 bridgehead atoms. The fourth-order valence-electron chi connectivity index (χ4n) is 2.95. The summed E-state index contributed by atoms with van der Waals surface area (Å²) < 4.78 is 7.41. The van der Waals surface area contributed by atoms with Gasteiger partial charge in [-0.15, -0.1) is 18.0 Å². The van der Waals surface area contributed by atoms with Crippen molar-refractivity contribution in [2.45, 2.75) is 37.2 Å². The molecule has 0 aromatic carbocycles. The molecule has 0 saturated carbocycles. The van der Waals surface area contributed by atoms with Crippen LogP contribution in [0.15, 0.2) is 12.5 Å². The van der Waals surface area contributed by atoms with Gasteiger partial charge >= 0.3 is 0 Å². The summed E-state index contributed by atoms with van der Waals surface area (Å²) in [6, 6.07) is 0. The molecule has 134 valence electrons. The number of nitrogens with zero attached hydrogens (tertiary/aromatic N) is 3. The van der Waals surface area contributed by atoms with Crippen LogP contribution in [0.4, 0.5) is 5.82 Å².